The van der Waals surface area contributed by atoms with Crippen LogP contribution in [0, 0.1) is 5.82 Å². The van der Waals surface area contributed by atoms with Gasteiger partial charge in [0.2, 0.25) is 0 Å². The van der Waals surface area contributed by atoms with Crippen LogP contribution in [0.4, 0.5) is 4.39 Å². The van der Waals surface area contributed by atoms with Crippen LogP contribution in [0.25, 0.3) is 22.2 Å². The predicted octanol–water partition coefficient (Wildman–Crippen LogP) is 3.97. The molecule has 3 aromatic rings. The van der Waals surface area contributed by atoms with Crippen molar-refractivity contribution < 1.29 is 4.39 Å². The first-order valence-corrected chi connectivity index (χ1v) is 5.17. The first-order valence-electron chi connectivity index (χ1n) is 5.17. The molecule has 0 saturated carbocycles. The first-order chi connectivity index (χ1) is 7.84. The minimum Gasteiger partial charge on any atom is -0.352 e. The molecule has 0 saturated heterocycles. The van der Waals surface area contributed by atoms with Gasteiger partial charge in [-0.15, -0.1) is 0 Å². The van der Waals surface area contributed by atoms with E-state index in [-0.39, 0.29) is 5.82 Å². The molecule has 2 aromatic carbocycles. The quantitative estimate of drug-likeness (QED) is 0.626. The van der Waals surface area contributed by atoms with Gasteiger partial charge in [0.1, 0.15) is 5.82 Å². The molecule has 1 nitrogen and oxygen atoms in total. The molecule has 0 spiro atoms. The number of aromatic nitrogens is 1. The van der Waals surface area contributed by atoms with Crippen LogP contribution in [0.1, 0.15) is 0 Å². The molecule has 3 rings (SSSR count). The van der Waals surface area contributed by atoms with Gasteiger partial charge in [0.15, 0.2) is 0 Å². The summed E-state index contributed by atoms with van der Waals surface area (Å²) < 4.78 is 13.5. The number of hydrogen-bond acceptors (Lipinski definition) is 0. The zero-order valence-electron chi connectivity index (χ0n) is 8.57. The molecule has 78 valence electrons. The van der Waals surface area contributed by atoms with E-state index in [2.05, 4.69) is 4.98 Å². The lowest BCUT2D eigenvalue weighted by Gasteiger charge is -1.95. The summed E-state index contributed by atoms with van der Waals surface area (Å²) in [6.07, 6.45) is 0. The maximum Gasteiger partial charge on any atom is 0.147 e. The van der Waals surface area contributed by atoms with E-state index in [0.717, 1.165) is 16.6 Å². The zero-order valence-corrected chi connectivity index (χ0v) is 8.57. The summed E-state index contributed by atoms with van der Waals surface area (Å²) in [6, 6.07) is 17.0. The lowest BCUT2D eigenvalue weighted by molar-refractivity contribution is 0.637. The number of rotatable bonds is 1. The summed E-state index contributed by atoms with van der Waals surface area (Å²) in [6.45, 7) is 0. The lowest BCUT2D eigenvalue weighted by Crippen LogP contribution is -1.77. The second-order valence-electron chi connectivity index (χ2n) is 3.75. The largest absolute Gasteiger partial charge is 0.352 e. The lowest BCUT2D eigenvalue weighted by atomic mass is 10.1. The minimum absolute atomic E-state index is 0.209. The van der Waals surface area contributed by atoms with Gasteiger partial charge in [0, 0.05) is 11.1 Å². The first kappa shape index (κ1) is 9.16. The summed E-state index contributed by atoms with van der Waals surface area (Å²) >= 11 is 0. The molecule has 1 N–H and O–H groups in total. The molecular formula is C14H10FN. The van der Waals surface area contributed by atoms with Gasteiger partial charge in [-0.2, -0.15) is 0 Å². The number of halogens is 1. The number of fused-ring (bicyclic) bond motifs is 1. The van der Waals surface area contributed by atoms with E-state index in [1.54, 1.807) is 6.07 Å². The second kappa shape index (κ2) is 3.49. The van der Waals surface area contributed by atoms with Gasteiger partial charge in [-0.3, -0.25) is 0 Å². The third-order valence-electron chi connectivity index (χ3n) is 2.69. The monoisotopic (exact) mass is 211 g/mol. The fourth-order valence-electron chi connectivity index (χ4n) is 1.89. The van der Waals surface area contributed by atoms with Crippen molar-refractivity contribution in [3.63, 3.8) is 0 Å². The Morgan fingerprint density at radius 1 is 0.875 bits per heavy atom. The SMILES string of the molecule is Fc1cccc2cc(-c3ccccc3)[nH]c12. The summed E-state index contributed by atoms with van der Waals surface area (Å²) in [5, 5.41) is 0.902. The Morgan fingerprint density at radius 2 is 1.69 bits per heavy atom. The Hall–Kier alpha value is -2.09. The minimum atomic E-state index is -0.209. The summed E-state index contributed by atoms with van der Waals surface area (Å²) in [5.41, 5.74) is 2.58. The van der Waals surface area contributed by atoms with Gasteiger partial charge < -0.3 is 4.98 Å². The fraction of sp³-hybridized carbons (Fsp3) is 0. The Bertz CT molecular complexity index is 626. The Labute approximate surface area is 92.5 Å². The highest BCUT2D eigenvalue weighted by Crippen LogP contribution is 2.25. The molecule has 0 fully saturated rings. The molecule has 0 radical (unpaired) electrons. The molecule has 1 aromatic heterocycles. The Morgan fingerprint density at radius 3 is 2.44 bits per heavy atom. The van der Waals surface area contributed by atoms with Crippen molar-refractivity contribution in [3.8, 4) is 11.3 Å². The Balaban J connectivity index is 2.23. The average molecular weight is 211 g/mol. The number of para-hydroxylation sites is 1. The van der Waals surface area contributed by atoms with Gasteiger partial charge in [-0.1, -0.05) is 42.5 Å². The van der Waals surface area contributed by atoms with E-state index in [0.29, 0.717) is 5.52 Å². The predicted molar refractivity (Wildman–Crippen MR) is 63.7 cm³/mol. The van der Waals surface area contributed by atoms with Gasteiger partial charge in [-0.25, -0.2) is 4.39 Å². The van der Waals surface area contributed by atoms with Crippen molar-refractivity contribution in [3.05, 3.63) is 60.4 Å². The molecule has 0 amide bonds. The Kier molecular flexibility index (Phi) is 2.00. The van der Waals surface area contributed by atoms with Gasteiger partial charge >= 0.3 is 0 Å². The maximum atomic E-state index is 13.5. The number of H-pyrrole nitrogens is 1. The van der Waals surface area contributed by atoms with Crippen molar-refractivity contribution in [1.82, 2.24) is 4.98 Å². The van der Waals surface area contributed by atoms with Crippen molar-refractivity contribution in [2.24, 2.45) is 0 Å². The van der Waals surface area contributed by atoms with E-state index >= 15 is 0 Å². The van der Waals surface area contributed by atoms with Crippen LogP contribution in [0.15, 0.2) is 54.6 Å². The van der Waals surface area contributed by atoms with E-state index in [9.17, 15) is 4.39 Å². The molecule has 0 aliphatic rings. The maximum absolute atomic E-state index is 13.5. The van der Waals surface area contributed by atoms with Crippen molar-refractivity contribution in [1.29, 1.82) is 0 Å². The number of benzene rings is 2. The summed E-state index contributed by atoms with van der Waals surface area (Å²) in [4.78, 5) is 3.11. The normalized spacial score (nSPS) is 10.8. The molecule has 0 atom stereocenters. The fourth-order valence-corrected chi connectivity index (χ4v) is 1.89. The van der Waals surface area contributed by atoms with Crippen LogP contribution in [0.3, 0.4) is 0 Å². The number of aromatic amines is 1. The molecule has 0 aliphatic heterocycles. The highest BCUT2D eigenvalue weighted by molar-refractivity contribution is 5.86. The van der Waals surface area contributed by atoms with Crippen molar-refractivity contribution >= 4 is 10.9 Å². The molecule has 0 unspecified atom stereocenters. The van der Waals surface area contributed by atoms with Crippen LogP contribution in [0.5, 0.6) is 0 Å². The molecule has 0 aliphatic carbocycles. The van der Waals surface area contributed by atoms with Crippen LogP contribution < -0.4 is 0 Å². The van der Waals surface area contributed by atoms with Gasteiger partial charge in [0.25, 0.3) is 0 Å². The topological polar surface area (TPSA) is 15.8 Å². The highest BCUT2D eigenvalue weighted by Gasteiger charge is 2.05. The third kappa shape index (κ3) is 1.39. The molecule has 1 heterocycles. The van der Waals surface area contributed by atoms with E-state index < -0.39 is 0 Å². The van der Waals surface area contributed by atoms with Crippen LogP contribution in [-0.4, -0.2) is 4.98 Å². The smallest absolute Gasteiger partial charge is 0.147 e. The van der Waals surface area contributed by atoms with Gasteiger partial charge in [0.05, 0.1) is 5.52 Å². The average Bonchev–Trinajstić information content (AvgIpc) is 2.76. The van der Waals surface area contributed by atoms with Crippen LogP contribution >= 0.6 is 0 Å². The van der Waals surface area contributed by atoms with Gasteiger partial charge in [-0.05, 0) is 17.7 Å². The van der Waals surface area contributed by atoms with E-state index in [4.69, 9.17) is 0 Å². The number of hydrogen-bond donors (Lipinski definition) is 1. The molecule has 2 heteroatoms. The standard InChI is InChI=1S/C14H10FN/c15-12-8-4-7-11-9-13(16-14(11)12)10-5-2-1-3-6-10/h1-9,16H. The summed E-state index contributed by atoms with van der Waals surface area (Å²) in [5.74, 6) is -0.209. The molecule has 16 heavy (non-hydrogen) atoms. The van der Waals surface area contributed by atoms with E-state index in [1.807, 2.05) is 42.5 Å². The molecule has 0 bridgehead atoms. The van der Waals surface area contributed by atoms with Crippen LogP contribution in [0.2, 0.25) is 0 Å². The van der Waals surface area contributed by atoms with Crippen molar-refractivity contribution in [2.75, 3.05) is 0 Å². The third-order valence-corrected chi connectivity index (χ3v) is 2.69. The zero-order chi connectivity index (χ0) is 11.0. The summed E-state index contributed by atoms with van der Waals surface area (Å²) in [7, 11) is 0. The van der Waals surface area contributed by atoms with Crippen LogP contribution in [-0.2, 0) is 0 Å². The molecular weight excluding hydrogens is 201 g/mol. The number of nitrogens with one attached hydrogen (secondary N) is 1. The van der Waals surface area contributed by atoms with E-state index in [1.165, 1.54) is 6.07 Å². The second-order valence-corrected chi connectivity index (χ2v) is 3.75. The highest BCUT2D eigenvalue weighted by atomic mass is 19.1. The van der Waals surface area contributed by atoms with Crippen molar-refractivity contribution in [2.45, 2.75) is 0 Å².